The van der Waals surface area contributed by atoms with Gasteiger partial charge in [0, 0.05) is 56.8 Å². The SMILES string of the molecule is CCN(CC)c1ccc(Nc2cncc(C(=O)NCCN3CCOCC3)c2)cc1. The molecule has 29 heavy (non-hydrogen) atoms. The van der Waals surface area contributed by atoms with E-state index in [9.17, 15) is 4.79 Å². The summed E-state index contributed by atoms with van der Waals surface area (Å²) in [6.45, 7) is 11.1. The topological polar surface area (TPSA) is 69.7 Å². The highest BCUT2D eigenvalue weighted by Crippen LogP contribution is 2.21. The standard InChI is InChI=1S/C22H31N5O2/c1-3-27(4-2)21-7-5-19(6-8-21)25-20-15-18(16-23-17-20)22(28)24-9-10-26-11-13-29-14-12-26/h5-8,15-17,25H,3-4,9-14H2,1-2H3,(H,24,28). The van der Waals surface area contributed by atoms with Crippen LogP contribution in [0.3, 0.4) is 0 Å². The van der Waals surface area contributed by atoms with Crippen molar-refractivity contribution < 1.29 is 9.53 Å². The van der Waals surface area contributed by atoms with Gasteiger partial charge in [-0.3, -0.25) is 14.7 Å². The van der Waals surface area contributed by atoms with Crippen molar-refractivity contribution in [2.45, 2.75) is 13.8 Å². The Hall–Kier alpha value is -2.64. The quantitative estimate of drug-likeness (QED) is 0.678. The number of pyridine rings is 1. The van der Waals surface area contributed by atoms with Crippen molar-refractivity contribution in [1.29, 1.82) is 0 Å². The number of hydrogen-bond acceptors (Lipinski definition) is 6. The normalized spacial score (nSPS) is 14.4. The third kappa shape index (κ3) is 6.17. The second-order valence-corrected chi connectivity index (χ2v) is 7.02. The number of aromatic nitrogens is 1. The molecule has 3 rings (SSSR count). The van der Waals surface area contributed by atoms with Crippen molar-refractivity contribution >= 4 is 23.0 Å². The van der Waals surface area contributed by atoms with Gasteiger partial charge in [-0.05, 0) is 44.2 Å². The van der Waals surface area contributed by atoms with E-state index < -0.39 is 0 Å². The van der Waals surface area contributed by atoms with Crippen molar-refractivity contribution in [3.8, 4) is 0 Å². The van der Waals surface area contributed by atoms with Crippen LogP contribution in [-0.2, 0) is 4.74 Å². The number of morpholine rings is 1. The zero-order valence-corrected chi connectivity index (χ0v) is 17.4. The zero-order valence-electron chi connectivity index (χ0n) is 17.4. The van der Waals surface area contributed by atoms with E-state index in [1.807, 2.05) is 18.2 Å². The van der Waals surface area contributed by atoms with Crippen molar-refractivity contribution in [2.75, 3.05) is 62.7 Å². The molecule has 0 bridgehead atoms. The van der Waals surface area contributed by atoms with E-state index in [0.29, 0.717) is 12.1 Å². The van der Waals surface area contributed by atoms with Crippen molar-refractivity contribution in [3.63, 3.8) is 0 Å². The minimum absolute atomic E-state index is 0.105. The summed E-state index contributed by atoms with van der Waals surface area (Å²) in [7, 11) is 0. The van der Waals surface area contributed by atoms with Crippen LogP contribution in [0.1, 0.15) is 24.2 Å². The number of rotatable bonds is 9. The zero-order chi connectivity index (χ0) is 20.5. The fourth-order valence-electron chi connectivity index (χ4n) is 3.40. The van der Waals surface area contributed by atoms with Gasteiger partial charge in [-0.1, -0.05) is 0 Å². The molecule has 156 valence electrons. The van der Waals surface area contributed by atoms with Gasteiger partial charge < -0.3 is 20.3 Å². The van der Waals surface area contributed by atoms with Gasteiger partial charge in [-0.15, -0.1) is 0 Å². The minimum Gasteiger partial charge on any atom is -0.379 e. The van der Waals surface area contributed by atoms with E-state index in [0.717, 1.165) is 57.3 Å². The van der Waals surface area contributed by atoms with Crippen LogP contribution in [-0.4, -0.2) is 68.3 Å². The smallest absolute Gasteiger partial charge is 0.252 e. The summed E-state index contributed by atoms with van der Waals surface area (Å²) in [6, 6.07) is 10.1. The molecule has 2 aromatic rings. The van der Waals surface area contributed by atoms with Gasteiger partial charge in [0.2, 0.25) is 0 Å². The second-order valence-electron chi connectivity index (χ2n) is 7.02. The highest BCUT2D eigenvalue weighted by atomic mass is 16.5. The molecule has 1 saturated heterocycles. The molecule has 0 spiro atoms. The summed E-state index contributed by atoms with van der Waals surface area (Å²) in [4.78, 5) is 21.3. The largest absolute Gasteiger partial charge is 0.379 e. The molecule has 0 atom stereocenters. The number of carbonyl (C=O) groups excluding carboxylic acids is 1. The summed E-state index contributed by atoms with van der Waals surface area (Å²) in [5, 5.41) is 6.30. The molecule has 7 heteroatoms. The van der Waals surface area contributed by atoms with E-state index in [1.54, 1.807) is 12.4 Å². The summed E-state index contributed by atoms with van der Waals surface area (Å²) >= 11 is 0. The Kier molecular flexibility index (Phi) is 7.84. The molecule has 1 aliphatic rings. The van der Waals surface area contributed by atoms with Gasteiger partial charge in [0.05, 0.1) is 30.7 Å². The highest BCUT2D eigenvalue weighted by molar-refractivity contribution is 5.94. The van der Waals surface area contributed by atoms with Crippen molar-refractivity contribution in [1.82, 2.24) is 15.2 Å². The van der Waals surface area contributed by atoms with Gasteiger partial charge in [-0.25, -0.2) is 0 Å². The van der Waals surface area contributed by atoms with Gasteiger partial charge in [0.15, 0.2) is 0 Å². The Bertz CT molecular complexity index is 771. The van der Waals surface area contributed by atoms with E-state index >= 15 is 0 Å². The predicted octanol–water partition coefficient (Wildman–Crippen LogP) is 2.73. The van der Waals surface area contributed by atoms with Crippen LogP contribution in [0, 0.1) is 0 Å². The Balaban J connectivity index is 1.53. The Morgan fingerprint density at radius 1 is 1.10 bits per heavy atom. The summed E-state index contributed by atoms with van der Waals surface area (Å²) in [6.07, 6.45) is 3.32. The molecule has 0 saturated carbocycles. The molecule has 0 aliphatic carbocycles. The van der Waals surface area contributed by atoms with E-state index in [4.69, 9.17) is 4.74 Å². The lowest BCUT2D eigenvalue weighted by atomic mass is 10.2. The third-order valence-corrected chi connectivity index (χ3v) is 5.10. The maximum Gasteiger partial charge on any atom is 0.252 e. The number of nitrogens with zero attached hydrogens (tertiary/aromatic N) is 3. The average Bonchev–Trinajstić information content (AvgIpc) is 2.76. The minimum atomic E-state index is -0.105. The van der Waals surface area contributed by atoms with Gasteiger partial charge in [0.25, 0.3) is 5.91 Å². The molecule has 1 fully saturated rings. The van der Waals surface area contributed by atoms with Crippen molar-refractivity contribution in [3.05, 3.63) is 48.3 Å². The monoisotopic (exact) mass is 397 g/mol. The fourth-order valence-corrected chi connectivity index (χ4v) is 3.40. The first-order valence-electron chi connectivity index (χ1n) is 10.3. The van der Waals surface area contributed by atoms with Crippen molar-refractivity contribution in [2.24, 2.45) is 0 Å². The van der Waals surface area contributed by atoms with Gasteiger partial charge >= 0.3 is 0 Å². The Morgan fingerprint density at radius 3 is 2.52 bits per heavy atom. The van der Waals surface area contributed by atoms with Gasteiger partial charge in [-0.2, -0.15) is 0 Å². The highest BCUT2D eigenvalue weighted by Gasteiger charge is 2.11. The number of hydrogen-bond donors (Lipinski definition) is 2. The summed E-state index contributed by atoms with van der Waals surface area (Å²) in [5.41, 5.74) is 3.51. The lowest BCUT2D eigenvalue weighted by molar-refractivity contribution is 0.0383. The van der Waals surface area contributed by atoms with Crippen LogP contribution >= 0.6 is 0 Å². The number of nitrogens with one attached hydrogen (secondary N) is 2. The molecular formula is C22H31N5O2. The molecular weight excluding hydrogens is 366 g/mol. The maximum absolute atomic E-state index is 12.4. The number of carbonyl (C=O) groups is 1. The van der Waals surface area contributed by atoms with E-state index in [2.05, 4.69) is 51.4 Å². The lowest BCUT2D eigenvalue weighted by Gasteiger charge is -2.26. The summed E-state index contributed by atoms with van der Waals surface area (Å²) < 4.78 is 5.34. The van der Waals surface area contributed by atoms with E-state index in [-0.39, 0.29) is 5.91 Å². The van der Waals surface area contributed by atoms with Crippen LogP contribution < -0.4 is 15.5 Å². The first kappa shape index (κ1) is 21.1. The van der Waals surface area contributed by atoms with Crippen LogP contribution in [0.5, 0.6) is 0 Å². The Morgan fingerprint density at radius 2 is 1.83 bits per heavy atom. The van der Waals surface area contributed by atoms with Gasteiger partial charge in [0.1, 0.15) is 0 Å². The van der Waals surface area contributed by atoms with Crippen LogP contribution in [0.2, 0.25) is 0 Å². The first-order chi connectivity index (χ1) is 14.2. The molecule has 0 radical (unpaired) electrons. The molecule has 0 unspecified atom stereocenters. The molecule has 1 amide bonds. The van der Waals surface area contributed by atoms with Crippen LogP contribution in [0.4, 0.5) is 17.1 Å². The maximum atomic E-state index is 12.4. The number of ether oxygens (including phenoxy) is 1. The first-order valence-corrected chi connectivity index (χ1v) is 10.3. The molecule has 2 N–H and O–H groups in total. The number of amides is 1. The van der Waals surface area contributed by atoms with Crippen LogP contribution in [0.15, 0.2) is 42.7 Å². The van der Waals surface area contributed by atoms with Crippen LogP contribution in [0.25, 0.3) is 0 Å². The molecule has 1 aromatic carbocycles. The lowest BCUT2D eigenvalue weighted by Crippen LogP contribution is -2.41. The summed E-state index contributed by atoms with van der Waals surface area (Å²) in [5.74, 6) is -0.105. The third-order valence-electron chi connectivity index (χ3n) is 5.10. The average molecular weight is 398 g/mol. The number of benzene rings is 1. The molecule has 1 aromatic heterocycles. The second kappa shape index (κ2) is 10.8. The number of anilines is 3. The fraction of sp³-hybridized carbons (Fsp3) is 0.455. The molecule has 1 aliphatic heterocycles. The predicted molar refractivity (Wildman–Crippen MR) is 117 cm³/mol. The molecule has 7 nitrogen and oxygen atoms in total. The van der Waals surface area contributed by atoms with E-state index in [1.165, 1.54) is 5.69 Å². The Labute approximate surface area is 173 Å². The molecule has 2 heterocycles.